The van der Waals surface area contributed by atoms with Gasteiger partial charge in [-0.1, -0.05) is 18.2 Å². The fourth-order valence-corrected chi connectivity index (χ4v) is 3.47. The van der Waals surface area contributed by atoms with Gasteiger partial charge in [-0.05, 0) is 11.6 Å². The Kier molecular flexibility index (Phi) is 5.26. The molecular formula is C17H14F3N3O3S. The van der Waals surface area contributed by atoms with E-state index in [0.29, 0.717) is 10.4 Å². The summed E-state index contributed by atoms with van der Waals surface area (Å²) in [6.07, 6.45) is -2.50. The molecule has 0 unspecified atom stereocenters. The first-order valence-corrected chi connectivity index (χ1v) is 8.78. The summed E-state index contributed by atoms with van der Waals surface area (Å²) in [4.78, 5) is 40.6. The summed E-state index contributed by atoms with van der Waals surface area (Å²) in [7, 11) is 0. The number of carbonyl (C=O) groups excluding carboxylic acids is 3. The third-order valence-corrected chi connectivity index (χ3v) is 4.80. The Morgan fingerprint density at radius 1 is 1.22 bits per heavy atom. The van der Waals surface area contributed by atoms with Gasteiger partial charge in [0.2, 0.25) is 17.7 Å². The third-order valence-electron chi connectivity index (χ3n) is 3.89. The number of hydrogen-bond donors (Lipinski definition) is 1. The van der Waals surface area contributed by atoms with Crippen molar-refractivity contribution in [2.75, 3.05) is 11.9 Å². The molecule has 6 nitrogen and oxygen atoms in total. The molecule has 0 saturated carbocycles. The van der Waals surface area contributed by atoms with E-state index in [9.17, 15) is 27.6 Å². The predicted molar refractivity (Wildman–Crippen MR) is 90.9 cm³/mol. The standard InChI is InChI=1S/C17H14F3N3O3S/c18-17(19,20)11-3-1-2-10(6-11)7-12-8-21-16(27-12)22-13(24)9-23-14(25)4-5-15(23)26/h1-3,6,8H,4-5,7,9H2,(H,21,22,24). The van der Waals surface area contributed by atoms with Crippen LogP contribution in [0.4, 0.5) is 18.3 Å². The van der Waals surface area contributed by atoms with Crippen molar-refractivity contribution < 1.29 is 27.6 Å². The minimum atomic E-state index is -4.41. The first-order chi connectivity index (χ1) is 12.7. The third kappa shape index (κ3) is 4.70. The Bertz CT molecular complexity index is 879. The highest BCUT2D eigenvalue weighted by atomic mass is 32.1. The quantitative estimate of drug-likeness (QED) is 0.787. The highest BCUT2D eigenvalue weighted by Crippen LogP contribution is 2.30. The van der Waals surface area contributed by atoms with Crippen LogP contribution in [-0.2, 0) is 27.0 Å². The fraction of sp³-hybridized carbons (Fsp3) is 0.294. The lowest BCUT2D eigenvalue weighted by Crippen LogP contribution is -2.36. The summed E-state index contributed by atoms with van der Waals surface area (Å²) < 4.78 is 38.3. The second-order valence-electron chi connectivity index (χ2n) is 5.93. The Morgan fingerprint density at radius 3 is 2.59 bits per heavy atom. The van der Waals surface area contributed by atoms with Crippen molar-refractivity contribution in [3.8, 4) is 0 Å². The molecule has 1 fully saturated rings. The summed E-state index contributed by atoms with van der Waals surface area (Å²) >= 11 is 1.12. The molecule has 1 aliphatic rings. The van der Waals surface area contributed by atoms with Crippen molar-refractivity contribution in [3.63, 3.8) is 0 Å². The molecule has 1 aromatic heterocycles. The lowest BCUT2D eigenvalue weighted by atomic mass is 10.1. The Labute approximate surface area is 156 Å². The number of halogens is 3. The van der Waals surface area contributed by atoms with Crippen LogP contribution < -0.4 is 5.32 Å². The first-order valence-electron chi connectivity index (χ1n) is 7.96. The maximum Gasteiger partial charge on any atom is 0.416 e. The summed E-state index contributed by atoms with van der Waals surface area (Å²) in [5.41, 5.74) is -0.252. The zero-order valence-corrected chi connectivity index (χ0v) is 14.7. The van der Waals surface area contributed by atoms with Gasteiger partial charge in [0.1, 0.15) is 6.54 Å². The second kappa shape index (κ2) is 7.47. The number of aromatic nitrogens is 1. The van der Waals surface area contributed by atoms with Gasteiger partial charge in [0, 0.05) is 30.3 Å². The van der Waals surface area contributed by atoms with Crippen LogP contribution in [0.5, 0.6) is 0 Å². The lowest BCUT2D eigenvalue weighted by Gasteiger charge is -2.12. The Balaban J connectivity index is 1.61. The zero-order chi connectivity index (χ0) is 19.6. The zero-order valence-electron chi connectivity index (χ0n) is 13.9. The van der Waals surface area contributed by atoms with Crippen LogP contribution in [0.2, 0.25) is 0 Å². The van der Waals surface area contributed by atoms with Crippen LogP contribution in [-0.4, -0.2) is 34.2 Å². The molecule has 27 heavy (non-hydrogen) atoms. The molecule has 0 atom stereocenters. The van der Waals surface area contributed by atoms with Crippen molar-refractivity contribution in [3.05, 3.63) is 46.5 Å². The van der Waals surface area contributed by atoms with E-state index in [1.807, 2.05) is 0 Å². The van der Waals surface area contributed by atoms with Gasteiger partial charge in [-0.3, -0.25) is 19.3 Å². The lowest BCUT2D eigenvalue weighted by molar-refractivity contribution is -0.141. The van der Waals surface area contributed by atoms with Crippen LogP contribution >= 0.6 is 11.3 Å². The number of nitrogens with one attached hydrogen (secondary N) is 1. The van der Waals surface area contributed by atoms with Gasteiger partial charge >= 0.3 is 6.18 Å². The van der Waals surface area contributed by atoms with Crippen LogP contribution in [0.25, 0.3) is 0 Å². The van der Waals surface area contributed by atoms with Crippen molar-refractivity contribution in [1.82, 2.24) is 9.88 Å². The predicted octanol–water partition coefficient (Wildman–Crippen LogP) is 2.84. The largest absolute Gasteiger partial charge is 0.416 e. The SMILES string of the molecule is O=C(CN1C(=O)CCC1=O)Nc1ncc(Cc2cccc(C(F)(F)F)c2)s1. The molecule has 2 heterocycles. The van der Waals surface area contributed by atoms with Crippen molar-refractivity contribution in [1.29, 1.82) is 0 Å². The number of amides is 3. The molecular weight excluding hydrogens is 383 g/mol. The van der Waals surface area contributed by atoms with E-state index in [-0.39, 0.29) is 42.8 Å². The van der Waals surface area contributed by atoms with Gasteiger partial charge in [0.05, 0.1) is 5.56 Å². The number of nitrogens with zero attached hydrogens (tertiary/aromatic N) is 2. The number of hydrogen-bond acceptors (Lipinski definition) is 5. The molecule has 1 aliphatic heterocycles. The molecule has 0 aliphatic carbocycles. The van der Waals surface area contributed by atoms with E-state index in [1.54, 1.807) is 6.07 Å². The fourth-order valence-electron chi connectivity index (χ4n) is 2.61. The Hall–Kier alpha value is -2.75. The number of benzene rings is 1. The summed E-state index contributed by atoms with van der Waals surface area (Å²) in [5, 5.41) is 2.75. The van der Waals surface area contributed by atoms with Crippen molar-refractivity contribution in [2.24, 2.45) is 0 Å². The number of carbonyl (C=O) groups is 3. The average molecular weight is 397 g/mol. The van der Waals surface area contributed by atoms with E-state index in [1.165, 1.54) is 12.3 Å². The first kappa shape index (κ1) is 19.0. The molecule has 1 aromatic carbocycles. The molecule has 2 aromatic rings. The van der Waals surface area contributed by atoms with Crippen LogP contribution in [0.15, 0.2) is 30.5 Å². The second-order valence-corrected chi connectivity index (χ2v) is 7.04. The number of rotatable bonds is 5. The van der Waals surface area contributed by atoms with Crippen LogP contribution in [0, 0.1) is 0 Å². The van der Waals surface area contributed by atoms with Gasteiger partial charge in [-0.2, -0.15) is 13.2 Å². The molecule has 142 valence electrons. The highest BCUT2D eigenvalue weighted by Gasteiger charge is 2.31. The number of likely N-dealkylation sites (tertiary alicyclic amines) is 1. The highest BCUT2D eigenvalue weighted by molar-refractivity contribution is 7.15. The van der Waals surface area contributed by atoms with E-state index >= 15 is 0 Å². The van der Waals surface area contributed by atoms with E-state index in [2.05, 4.69) is 10.3 Å². The molecule has 3 rings (SSSR count). The number of thiazole rings is 1. The van der Waals surface area contributed by atoms with Crippen LogP contribution in [0.1, 0.15) is 28.8 Å². The van der Waals surface area contributed by atoms with E-state index in [0.717, 1.165) is 28.4 Å². The van der Waals surface area contributed by atoms with Gasteiger partial charge in [-0.25, -0.2) is 4.98 Å². The number of anilines is 1. The molecule has 3 amide bonds. The van der Waals surface area contributed by atoms with Crippen molar-refractivity contribution >= 4 is 34.2 Å². The smallest absolute Gasteiger partial charge is 0.300 e. The van der Waals surface area contributed by atoms with Gasteiger partial charge in [0.15, 0.2) is 5.13 Å². The Morgan fingerprint density at radius 2 is 1.93 bits per heavy atom. The monoisotopic (exact) mass is 397 g/mol. The maximum atomic E-state index is 12.8. The molecule has 0 bridgehead atoms. The van der Waals surface area contributed by atoms with Gasteiger partial charge in [-0.15, -0.1) is 11.3 Å². The molecule has 10 heteroatoms. The topological polar surface area (TPSA) is 79.4 Å². The van der Waals surface area contributed by atoms with E-state index in [4.69, 9.17) is 0 Å². The summed E-state index contributed by atoms with van der Waals surface area (Å²) in [6, 6.07) is 5.00. The van der Waals surface area contributed by atoms with E-state index < -0.39 is 17.6 Å². The maximum absolute atomic E-state index is 12.8. The number of imide groups is 1. The normalized spacial score (nSPS) is 14.7. The molecule has 0 radical (unpaired) electrons. The molecule has 1 saturated heterocycles. The van der Waals surface area contributed by atoms with Crippen LogP contribution in [0.3, 0.4) is 0 Å². The minimum Gasteiger partial charge on any atom is -0.300 e. The summed E-state index contributed by atoms with van der Waals surface area (Å²) in [5.74, 6) is -1.34. The minimum absolute atomic E-state index is 0.102. The molecule has 0 spiro atoms. The van der Waals surface area contributed by atoms with Crippen molar-refractivity contribution in [2.45, 2.75) is 25.4 Å². The average Bonchev–Trinajstić information content (AvgIpc) is 3.15. The van der Waals surface area contributed by atoms with Gasteiger partial charge < -0.3 is 5.32 Å². The number of alkyl halides is 3. The summed E-state index contributed by atoms with van der Waals surface area (Å²) in [6.45, 7) is -0.375. The van der Waals surface area contributed by atoms with Gasteiger partial charge in [0.25, 0.3) is 0 Å². The molecule has 1 N–H and O–H groups in total.